The number of aromatic hydroxyl groups is 1. The van der Waals surface area contributed by atoms with Crippen LogP contribution in [-0.4, -0.2) is 10.1 Å². The molecule has 0 bridgehead atoms. The van der Waals surface area contributed by atoms with Crippen molar-refractivity contribution in [1.29, 1.82) is 0 Å². The Morgan fingerprint density at radius 3 is 2.44 bits per heavy atom. The highest BCUT2D eigenvalue weighted by molar-refractivity contribution is 7.13. The molecule has 0 amide bonds. The first-order chi connectivity index (χ1) is 7.66. The maximum atomic E-state index is 9.39. The molecule has 1 heterocycles. The smallest absolute Gasteiger partial charge is 0.229 e. The normalized spacial score (nSPS) is 11.1. The predicted octanol–water partition coefficient (Wildman–Crippen LogP) is 3.88. The van der Waals surface area contributed by atoms with E-state index in [-0.39, 0.29) is 5.75 Å². The number of phenolic OH excluding ortho intramolecular Hbond substituents is 1. The van der Waals surface area contributed by atoms with E-state index in [2.05, 4.69) is 15.2 Å². The van der Waals surface area contributed by atoms with E-state index >= 15 is 0 Å². The van der Waals surface area contributed by atoms with Gasteiger partial charge in [-0.05, 0) is 37.1 Å². The molecule has 0 aliphatic rings. The third-order valence-corrected chi connectivity index (χ3v) is 2.79. The largest absolute Gasteiger partial charge is 0.508 e. The van der Waals surface area contributed by atoms with Gasteiger partial charge in [0, 0.05) is 11.6 Å². The first-order valence-electron chi connectivity index (χ1n) is 4.78. The van der Waals surface area contributed by atoms with E-state index in [9.17, 15) is 5.11 Å². The van der Waals surface area contributed by atoms with E-state index in [1.54, 1.807) is 18.3 Å². The minimum atomic E-state index is 0.253. The molecule has 1 aromatic heterocycles. The van der Waals surface area contributed by atoms with Crippen LogP contribution < -0.4 is 0 Å². The van der Waals surface area contributed by atoms with Gasteiger partial charge >= 0.3 is 0 Å². The van der Waals surface area contributed by atoms with Gasteiger partial charge in [-0.2, -0.15) is 0 Å². The zero-order valence-electron chi connectivity index (χ0n) is 9.01. The Morgan fingerprint density at radius 1 is 1.19 bits per heavy atom. The first kappa shape index (κ1) is 10.8. The molecule has 4 nitrogen and oxygen atoms in total. The standard InChI is InChI=1S/C11H11N3OS/c1-7-5-9(15)6-8(2)10(7)13-14-11-12-3-4-16-11/h3-6,15H,1-2H3. The Hall–Kier alpha value is -1.75. The molecule has 0 atom stereocenters. The average Bonchev–Trinajstić information content (AvgIpc) is 2.68. The Kier molecular flexibility index (Phi) is 2.96. The molecule has 0 aliphatic heterocycles. The van der Waals surface area contributed by atoms with Crippen LogP contribution in [0.3, 0.4) is 0 Å². The number of hydrogen-bond acceptors (Lipinski definition) is 5. The Bertz CT molecular complexity index is 497. The van der Waals surface area contributed by atoms with Gasteiger partial charge in [0.15, 0.2) is 0 Å². The van der Waals surface area contributed by atoms with Crippen LogP contribution in [0.1, 0.15) is 11.1 Å². The van der Waals surface area contributed by atoms with Gasteiger partial charge in [0.1, 0.15) is 5.75 Å². The van der Waals surface area contributed by atoms with Crippen LogP contribution in [0.2, 0.25) is 0 Å². The maximum absolute atomic E-state index is 9.39. The lowest BCUT2D eigenvalue weighted by molar-refractivity contribution is 0.474. The highest BCUT2D eigenvalue weighted by Gasteiger charge is 2.03. The van der Waals surface area contributed by atoms with E-state index in [0.29, 0.717) is 5.13 Å². The predicted molar refractivity (Wildman–Crippen MR) is 63.9 cm³/mol. The fourth-order valence-electron chi connectivity index (χ4n) is 1.45. The molecule has 1 aromatic carbocycles. The Morgan fingerprint density at radius 2 is 1.88 bits per heavy atom. The van der Waals surface area contributed by atoms with Gasteiger partial charge in [0.25, 0.3) is 0 Å². The molecule has 16 heavy (non-hydrogen) atoms. The summed E-state index contributed by atoms with van der Waals surface area (Å²) in [4.78, 5) is 4.02. The zero-order valence-corrected chi connectivity index (χ0v) is 9.82. The van der Waals surface area contributed by atoms with Crippen molar-refractivity contribution in [3.8, 4) is 5.75 Å². The molecular weight excluding hydrogens is 222 g/mol. The quantitative estimate of drug-likeness (QED) is 0.800. The lowest BCUT2D eigenvalue weighted by atomic mass is 10.1. The number of rotatable bonds is 2. The van der Waals surface area contributed by atoms with Gasteiger partial charge < -0.3 is 5.11 Å². The summed E-state index contributed by atoms with van der Waals surface area (Å²) in [7, 11) is 0. The van der Waals surface area contributed by atoms with Crippen molar-refractivity contribution in [2.75, 3.05) is 0 Å². The van der Waals surface area contributed by atoms with Crippen molar-refractivity contribution in [1.82, 2.24) is 4.98 Å². The second-order valence-electron chi connectivity index (χ2n) is 3.44. The molecular formula is C11H11N3OS. The summed E-state index contributed by atoms with van der Waals surface area (Å²) >= 11 is 1.44. The molecule has 5 heteroatoms. The highest BCUT2D eigenvalue weighted by atomic mass is 32.1. The second-order valence-corrected chi connectivity index (χ2v) is 4.32. The molecule has 82 valence electrons. The van der Waals surface area contributed by atoms with Crippen molar-refractivity contribution in [3.05, 3.63) is 34.8 Å². The number of phenols is 1. The summed E-state index contributed by atoms with van der Waals surface area (Å²) in [6, 6.07) is 3.34. The number of nitrogens with zero attached hydrogens (tertiary/aromatic N) is 3. The van der Waals surface area contributed by atoms with Crippen LogP contribution in [0.15, 0.2) is 33.9 Å². The average molecular weight is 233 g/mol. The zero-order chi connectivity index (χ0) is 11.5. The maximum Gasteiger partial charge on any atom is 0.229 e. The number of aryl methyl sites for hydroxylation is 2. The van der Waals surface area contributed by atoms with Gasteiger partial charge in [0.2, 0.25) is 5.13 Å². The summed E-state index contributed by atoms with van der Waals surface area (Å²) in [6.45, 7) is 3.78. The summed E-state index contributed by atoms with van der Waals surface area (Å²) in [5, 5.41) is 20.1. The number of benzene rings is 1. The van der Waals surface area contributed by atoms with Crippen molar-refractivity contribution in [2.24, 2.45) is 10.2 Å². The molecule has 0 saturated carbocycles. The molecule has 0 saturated heterocycles. The van der Waals surface area contributed by atoms with E-state index in [0.717, 1.165) is 16.8 Å². The molecule has 0 fully saturated rings. The third kappa shape index (κ3) is 2.25. The molecule has 2 aromatic rings. The monoisotopic (exact) mass is 233 g/mol. The van der Waals surface area contributed by atoms with Gasteiger partial charge in [-0.25, -0.2) is 4.98 Å². The second kappa shape index (κ2) is 4.40. The number of thiazole rings is 1. The Balaban J connectivity index is 2.35. The van der Waals surface area contributed by atoms with Gasteiger partial charge in [-0.15, -0.1) is 21.6 Å². The number of aromatic nitrogens is 1. The fraction of sp³-hybridized carbons (Fsp3) is 0.182. The molecule has 2 rings (SSSR count). The minimum absolute atomic E-state index is 0.253. The fourth-order valence-corrected chi connectivity index (χ4v) is 1.90. The number of hydrogen-bond donors (Lipinski definition) is 1. The van der Waals surface area contributed by atoms with Gasteiger partial charge in [-0.3, -0.25) is 0 Å². The van der Waals surface area contributed by atoms with Crippen molar-refractivity contribution >= 4 is 22.2 Å². The third-order valence-electron chi connectivity index (χ3n) is 2.13. The van der Waals surface area contributed by atoms with Crippen LogP contribution in [0.5, 0.6) is 5.75 Å². The SMILES string of the molecule is Cc1cc(O)cc(C)c1N=Nc1nccs1. The van der Waals surface area contributed by atoms with Gasteiger partial charge in [0.05, 0.1) is 5.69 Å². The number of azo groups is 1. The topological polar surface area (TPSA) is 57.8 Å². The molecule has 0 spiro atoms. The molecule has 1 N–H and O–H groups in total. The van der Waals surface area contributed by atoms with E-state index in [1.807, 2.05) is 19.2 Å². The van der Waals surface area contributed by atoms with Crippen LogP contribution in [0.4, 0.5) is 10.8 Å². The minimum Gasteiger partial charge on any atom is -0.508 e. The van der Waals surface area contributed by atoms with E-state index in [1.165, 1.54) is 11.3 Å². The van der Waals surface area contributed by atoms with Crippen LogP contribution >= 0.6 is 11.3 Å². The van der Waals surface area contributed by atoms with E-state index < -0.39 is 0 Å². The van der Waals surface area contributed by atoms with Crippen molar-refractivity contribution in [3.63, 3.8) is 0 Å². The van der Waals surface area contributed by atoms with Crippen LogP contribution in [0, 0.1) is 13.8 Å². The molecule has 0 aliphatic carbocycles. The van der Waals surface area contributed by atoms with Crippen LogP contribution in [0.25, 0.3) is 0 Å². The van der Waals surface area contributed by atoms with Gasteiger partial charge in [-0.1, -0.05) is 0 Å². The summed E-state index contributed by atoms with van der Waals surface area (Å²) < 4.78 is 0. The van der Waals surface area contributed by atoms with Crippen molar-refractivity contribution in [2.45, 2.75) is 13.8 Å². The lowest BCUT2D eigenvalue weighted by Gasteiger charge is -2.03. The Labute approximate surface area is 97.3 Å². The molecule has 0 unspecified atom stereocenters. The lowest BCUT2D eigenvalue weighted by Crippen LogP contribution is -1.79. The highest BCUT2D eigenvalue weighted by Crippen LogP contribution is 2.29. The van der Waals surface area contributed by atoms with E-state index in [4.69, 9.17) is 0 Å². The van der Waals surface area contributed by atoms with Crippen LogP contribution in [-0.2, 0) is 0 Å². The summed E-state index contributed by atoms with van der Waals surface area (Å²) in [5.41, 5.74) is 2.59. The summed E-state index contributed by atoms with van der Waals surface area (Å²) in [5.74, 6) is 0.253. The molecule has 0 radical (unpaired) electrons. The van der Waals surface area contributed by atoms with Crippen molar-refractivity contribution < 1.29 is 5.11 Å². The first-order valence-corrected chi connectivity index (χ1v) is 5.66. The summed E-state index contributed by atoms with van der Waals surface area (Å²) in [6.07, 6.45) is 1.69.